The number of hydrogen-bond acceptors (Lipinski definition) is 8. The smallest absolute Gasteiger partial charge is 0.384 e. The summed E-state index contributed by atoms with van der Waals surface area (Å²) in [5, 5.41) is 18.6. The lowest BCUT2D eigenvalue weighted by Gasteiger charge is -2.38. The number of nitrogens with zero attached hydrogens (tertiary/aromatic N) is 4. The molecule has 2 aromatic rings. The topological polar surface area (TPSA) is 95.9 Å². The number of rotatable bonds is 4. The summed E-state index contributed by atoms with van der Waals surface area (Å²) in [5.41, 5.74) is 5.91. The fraction of sp³-hybridized carbons (Fsp3) is 0.333. The van der Waals surface area contributed by atoms with Crippen LogP contribution in [-0.4, -0.2) is 21.7 Å². The van der Waals surface area contributed by atoms with Gasteiger partial charge in [0.25, 0.3) is 0 Å². The second-order valence-corrected chi connectivity index (χ2v) is 9.65. The Hall–Kier alpha value is -2.84. The molecule has 0 saturated heterocycles. The molecule has 166 valence electrons. The number of carbonyl (C=O) groups excluding carboxylic acids is 1. The zero-order chi connectivity index (χ0) is 23.0. The van der Waals surface area contributed by atoms with Crippen LogP contribution in [0.3, 0.4) is 0 Å². The number of Topliss-reactive ketones (excluding diaryl/α,β-unsaturated/α-hetero) is 1. The summed E-state index contributed by atoms with van der Waals surface area (Å²) in [6.45, 7) is 1.97. The molecule has 2 aliphatic rings. The maximum atomic E-state index is 13.8. The van der Waals surface area contributed by atoms with E-state index in [0.29, 0.717) is 28.0 Å². The number of hydrogen-bond donors (Lipinski definition) is 1. The van der Waals surface area contributed by atoms with Gasteiger partial charge in [-0.2, -0.15) is 18.4 Å². The third-order valence-electron chi connectivity index (χ3n) is 5.35. The Morgan fingerprint density at radius 3 is 2.75 bits per heavy atom. The molecule has 0 spiro atoms. The van der Waals surface area contributed by atoms with E-state index in [9.17, 15) is 23.2 Å². The summed E-state index contributed by atoms with van der Waals surface area (Å²) in [4.78, 5) is 14.6. The van der Waals surface area contributed by atoms with Gasteiger partial charge in [0, 0.05) is 17.7 Å². The lowest BCUT2D eigenvalue weighted by molar-refractivity contribution is -0.138. The van der Waals surface area contributed by atoms with E-state index < -0.39 is 17.7 Å². The van der Waals surface area contributed by atoms with Crippen LogP contribution >= 0.6 is 23.1 Å². The molecule has 1 unspecified atom stereocenters. The normalized spacial score (nSPS) is 19.3. The Labute approximate surface area is 190 Å². The number of thioether (sulfide) groups is 1. The highest BCUT2D eigenvalue weighted by molar-refractivity contribution is 8.01. The Kier molecular flexibility index (Phi) is 6.01. The zero-order valence-electron chi connectivity index (χ0n) is 16.9. The van der Waals surface area contributed by atoms with Crippen molar-refractivity contribution < 1.29 is 18.0 Å². The first kappa shape index (κ1) is 22.4. The van der Waals surface area contributed by atoms with Gasteiger partial charge >= 0.3 is 6.18 Å². The monoisotopic (exact) mass is 477 g/mol. The number of anilines is 1. The molecular weight excluding hydrogens is 459 g/mol. The van der Waals surface area contributed by atoms with E-state index in [-0.39, 0.29) is 34.7 Å². The predicted molar refractivity (Wildman–Crippen MR) is 116 cm³/mol. The summed E-state index contributed by atoms with van der Waals surface area (Å²) in [5.74, 6) is -0.709. The summed E-state index contributed by atoms with van der Waals surface area (Å²) in [6, 6.07) is 6.99. The number of benzene rings is 1. The molecule has 0 fully saturated rings. The molecule has 11 heteroatoms. The molecule has 0 bridgehead atoms. The van der Waals surface area contributed by atoms with Crippen molar-refractivity contribution in [3.05, 3.63) is 58.1 Å². The highest BCUT2D eigenvalue weighted by Gasteiger charge is 2.44. The largest absolute Gasteiger partial charge is 0.416 e. The fourth-order valence-corrected chi connectivity index (χ4v) is 5.88. The minimum Gasteiger partial charge on any atom is -0.384 e. The third-order valence-corrected chi connectivity index (χ3v) is 7.27. The molecule has 6 nitrogen and oxygen atoms in total. The quantitative estimate of drug-likeness (QED) is 0.621. The van der Waals surface area contributed by atoms with Gasteiger partial charge in [0.1, 0.15) is 5.82 Å². The molecule has 2 N–H and O–H groups in total. The Bertz CT molecular complexity index is 1180. The average Bonchev–Trinajstić information content (AvgIpc) is 3.21. The van der Waals surface area contributed by atoms with Gasteiger partial charge in [0.2, 0.25) is 5.13 Å². The Morgan fingerprint density at radius 2 is 2.06 bits per heavy atom. The van der Waals surface area contributed by atoms with Crippen molar-refractivity contribution in [3.63, 3.8) is 0 Å². The second kappa shape index (κ2) is 8.60. The number of ketones is 1. The van der Waals surface area contributed by atoms with Crippen LogP contribution in [-0.2, 0) is 11.0 Å². The van der Waals surface area contributed by atoms with Crippen LogP contribution in [0.4, 0.5) is 18.3 Å². The van der Waals surface area contributed by atoms with E-state index in [1.807, 2.05) is 13.0 Å². The van der Waals surface area contributed by atoms with Crippen LogP contribution in [0.1, 0.15) is 43.2 Å². The first-order valence-corrected chi connectivity index (χ1v) is 11.7. The number of allylic oxidation sites excluding steroid dienone is 3. The first-order valence-electron chi connectivity index (χ1n) is 9.86. The maximum absolute atomic E-state index is 13.8. The molecule has 1 aliphatic carbocycles. The van der Waals surface area contributed by atoms with Gasteiger partial charge in [0.05, 0.1) is 23.1 Å². The number of alkyl halides is 3. The fourth-order valence-electron chi connectivity index (χ4n) is 4.10. The standard InChI is InChI=1S/C21H18F3N5OS2/c1-2-31-20-28-27-19(32-20)29-14-8-5-9-15(30)17(14)16(12(10-25)18(29)26)11-6-3-4-7-13(11)21(22,23)24/h3-4,6-7,16H,2,5,8-9,26H2,1H3. The van der Waals surface area contributed by atoms with Crippen molar-refractivity contribution in [1.82, 2.24) is 10.2 Å². The SMILES string of the molecule is CCSc1nnc(N2C(N)=C(C#N)C(c3ccccc3C(F)(F)F)C3=C2CCCC3=O)s1. The summed E-state index contributed by atoms with van der Waals surface area (Å²) >= 11 is 2.75. The van der Waals surface area contributed by atoms with E-state index in [2.05, 4.69) is 10.2 Å². The number of halogens is 3. The van der Waals surface area contributed by atoms with Crippen LogP contribution in [0.25, 0.3) is 0 Å². The van der Waals surface area contributed by atoms with Crippen LogP contribution in [0, 0.1) is 11.3 Å². The molecular formula is C21H18F3N5OS2. The zero-order valence-corrected chi connectivity index (χ0v) is 18.6. The van der Waals surface area contributed by atoms with Crippen molar-refractivity contribution in [3.8, 4) is 6.07 Å². The highest BCUT2D eigenvalue weighted by Crippen LogP contribution is 2.49. The molecule has 1 aromatic heterocycles. The molecule has 0 radical (unpaired) electrons. The number of aromatic nitrogens is 2. The van der Waals surface area contributed by atoms with Crippen molar-refractivity contribution in [2.45, 2.75) is 42.6 Å². The number of nitriles is 1. The van der Waals surface area contributed by atoms with Gasteiger partial charge in [0.15, 0.2) is 10.1 Å². The van der Waals surface area contributed by atoms with Crippen LogP contribution in [0.5, 0.6) is 0 Å². The third kappa shape index (κ3) is 3.78. The van der Waals surface area contributed by atoms with Crippen molar-refractivity contribution in [2.75, 3.05) is 10.7 Å². The number of nitrogens with two attached hydrogens (primary N) is 1. The Balaban J connectivity index is 1.96. The predicted octanol–water partition coefficient (Wildman–Crippen LogP) is 4.97. The summed E-state index contributed by atoms with van der Waals surface area (Å²) < 4.78 is 42.1. The second-order valence-electron chi connectivity index (χ2n) is 7.18. The molecule has 0 amide bonds. The van der Waals surface area contributed by atoms with Gasteiger partial charge < -0.3 is 5.73 Å². The van der Waals surface area contributed by atoms with Gasteiger partial charge in [-0.3, -0.25) is 9.69 Å². The lowest BCUT2D eigenvalue weighted by Crippen LogP contribution is -2.39. The molecule has 0 saturated carbocycles. The molecule has 1 aliphatic heterocycles. The molecule has 1 aromatic carbocycles. The van der Waals surface area contributed by atoms with E-state index >= 15 is 0 Å². The maximum Gasteiger partial charge on any atom is 0.416 e. The first-order chi connectivity index (χ1) is 15.3. The summed E-state index contributed by atoms with van der Waals surface area (Å²) in [7, 11) is 0. The lowest BCUT2D eigenvalue weighted by atomic mass is 9.74. The van der Waals surface area contributed by atoms with Crippen molar-refractivity contribution >= 4 is 34.0 Å². The van der Waals surface area contributed by atoms with Gasteiger partial charge in [-0.1, -0.05) is 48.2 Å². The van der Waals surface area contributed by atoms with Crippen LogP contribution in [0.15, 0.2) is 51.3 Å². The minimum atomic E-state index is -4.65. The molecule has 1 atom stereocenters. The number of carbonyl (C=O) groups is 1. The Morgan fingerprint density at radius 1 is 1.31 bits per heavy atom. The van der Waals surface area contributed by atoms with Gasteiger partial charge in [-0.15, -0.1) is 10.2 Å². The van der Waals surface area contributed by atoms with E-state index in [1.54, 1.807) is 0 Å². The van der Waals surface area contributed by atoms with Crippen LogP contribution in [0.2, 0.25) is 0 Å². The summed E-state index contributed by atoms with van der Waals surface area (Å²) in [6.07, 6.45) is -3.48. The highest BCUT2D eigenvalue weighted by atomic mass is 32.2. The van der Waals surface area contributed by atoms with E-state index in [1.165, 1.54) is 46.2 Å². The van der Waals surface area contributed by atoms with Crippen molar-refractivity contribution in [1.29, 1.82) is 5.26 Å². The van der Waals surface area contributed by atoms with Gasteiger partial charge in [-0.25, -0.2) is 0 Å². The van der Waals surface area contributed by atoms with E-state index in [4.69, 9.17) is 5.73 Å². The molecule has 32 heavy (non-hydrogen) atoms. The van der Waals surface area contributed by atoms with Crippen LogP contribution < -0.4 is 10.6 Å². The average molecular weight is 478 g/mol. The minimum absolute atomic E-state index is 0.0212. The molecule has 4 rings (SSSR count). The van der Waals surface area contributed by atoms with Gasteiger partial charge in [-0.05, 0) is 30.2 Å². The van der Waals surface area contributed by atoms with E-state index in [0.717, 1.165) is 11.8 Å². The molecule has 2 heterocycles. The van der Waals surface area contributed by atoms with Crippen molar-refractivity contribution in [2.24, 2.45) is 5.73 Å².